The van der Waals surface area contributed by atoms with Crippen molar-refractivity contribution in [2.75, 3.05) is 7.05 Å². The average Bonchev–Trinajstić information content (AvgIpc) is 3.03. The molecule has 4 aromatic rings. The Hall–Kier alpha value is -2.77. The van der Waals surface area contributed by atoms with Gasteiger partial charge in [-0.15, -0.1) is 5.10 Å². The summed E-state index contributed by atoms with van der Waals surface area (Å²) in [7, 11) is 3.77. The second-order valence-corrected chi connectivity index (χ2v) is 8.22. The summed E-state index contributed by atoms with van der Waals surface area (Å²) in [5.41, 5.74) is 3.30. The lowest BCUT2D eigenvalue weighted by molar-refractivity contribution is 0.244. The molecule has 4 rings (SSSR count). The normalized spacial score (nSPS) is 11.9. The van der Waals surface area contributed by atoms with Gasteiger partial charge in [0, 0.05) is 13.6 Å². The van der Waals surface area contributed by atoms with E-state index in [0.29, 0.717) is 28.5 Å². The van der Waals surface area contributed by atoms with Crippen molar-refractivity contribution in [3.63, 3.8) is 0 Å². The van der Waals surface area contributed by atoms with E-state index in [1.165, 1.54) is 11.1 Å². The minimum Gasteiger partial charge on any atom is -0.283 e. The Labute approximate surface area is 174 Å². The zero-order valence-electron chi connectivity index (χ0n) is 17.2. The minimum atomic E-state index is -0.0705. The number of fused-ring (bicyclic) bond motifs is 3. The molecule has 0 aliphatic carbocycles. The summed E-state index contributed by atoms with van der Waals surface area (Å²) in [5, 5.41) is 5.27. The Bertz CT molecular complexity index is 1300. The minimum absolute atomic E-state index is 0.0705. The van der Waals surface area contributed by atoms with Crippen molar-refractivity contribution in [2.24, 2.45) is 7.05 Å². The Morgan fingerprint density at radius 1 is 1.10 bits per heavy atom. The van der Waals surface area contributed by atoms with Crippen molar-refractivity contribution in [2.45, 2.75) is 33.0 Å². The van der Waals surface area contributed by atoms with E-state index < -0.39 is 0 Å². The van der Waals surface area contributed by atoms with Gasteiger partial charge in [-0.1, -0.05) is 50.2 Å². The predicted octanol–water partition coefficient (Wildman–Crippen LogP) is 3.93. The van der Waals surface area contributed by atoms with Gasteiger partial charge in [-0.05, 0) is 48.4 Å². The van der Waals surface area contributed by atoms with Crippen LogP contribution in [0.2, 0.25) is 0 Å². The standard InChI is InChI=1S/C22H25N5OS/c1-15(2)17-11-9-16(10-12-17)13-24(3)14-26-22(29)27-19-8-6-5-7-18(19)20(28)25(4)21(27)23-26/h5-12,15H,13-14H2,1-4H3. The molecule has 150 valence electrons. The molecule has 0 atom stereocenters. The van der Waals surface area contributed by atoms with E-state index in [9.17, 15) is 4.79 Å². The van der Waals surface area contributed by atoms with Gasteiger partial charge in [0.15, 0.2) is 0 Å². The Morgan fingerprint density at radius 2 is 1.79 bits per heavy atom. The average molecular weight is 408 g/mol. The first-order valence-corrected chi connectivity index (χ1v) is 10.1. The molecule has 0 amide bonds. The fourth-order valence-electron chi connectivity index (χ4n) is 3.64. The molecule has 0 saturated heterocycles. The summed E-state index contributed by atoms with van der Waals surface area (Å²) < 4.78 is 5.78. The third-order valence-corrected chi connectivity index (χ3v) is 5.67. The molecular weight excluding hydrogens is 382 g/mol. The molecule has 29 heavy (non-hydrogen) atoms. The molecule has 2 heterocycles. The Balaban J connectivity index is 1.67. The highest BCUT2D eigenvalue weighted by Crippen LogP contribution is 2.16. The summed E-state index contributed by atoms with van der Waals surface area (Å²) in [6, 6.07) is 16.2. The number of hydrogen-bond donors (Lipinski definition) is 0. The van der Waals surface area contributed by atoms with Gasteiger partial charge >= 0.3 is 0 Å². The van der Waals surface area contributed by atoms with Crippen LogP contribution in [0.25, 0.3) is 16.7 Å². The summed E-state index contributed by atoms with van der Waals surface area (Å²) in [6.07, 6.45) is 0. The quantitative estimate of drug-likeness (QED) is 0.470. The first kappa shape index (κ1) is 19.5. The third-order valence-electron chi connectivity index (χ3n) is 5.28. The first-order valence-electron chi connectivity index (χ1n) is 9.71. The maximum Gasteiger partial charge on any atom is 0.262 e. The second kappa shape index (κ2) is 7.57. The monoisotopic (exact) mass is 407 g/mol. The fourth-order valence-corrected chi connectivity index (χ4v) is 3.91. The van der Waals surface area contributed by atoms with Crippen LogP contribution in [0, 0.1) is 4.77 Å². The number of para-hydroxylation sites is 1. The molecule has 0 saturated carbocycles. The molecule has 6 nitrogen and oxygen atoms in total. The van der Waals surface area contributed by atoms with Crippen molar-refractivity contribution in [3.05, 3.63) is 74.8 Å². The molecule has 0 bridgehead atoms. The number of rotatable bonds is 5. The van der Waals surface area contributed by atoms with Gasteiger partial charge in [-0.25, -0.2) is 4.68 Å². The Morgan fingerprint density at radius 3 is 2.48 bits per heavy atom. The predicted molar refractivity (Wildman–Crippen MR) is 119 cm³/mol. The number of nitrogens with zero attached hydrogens (tertiary/aromatic N) is 5. The van der Waals surface area contributed by atoms with Gasteiger partial charge in [0.05, 0.1) is 17.6 Å². The number of aromatic nitrogens is 4. The zero-order chi connectivity index (χ0) is 20.7. The number of aryl methyl sites for hydroxylation is 1. The fraction of sp³-hybridized carbons (Fsp3) is 0.318. The molecule has 0 aliphatic rings. The summed E-state index contributed by atoms with van der Waals surface area (Å²) in [5.74, 6) is 1.08. The molecule has 0 fully saturated rings. The van der Waals surface area contributed by atoms with E-state index in [0.717, 1.165) is 12.1 Å². The van der Waals surface area contributed by atoms with Crippen molar-refractivity contribution >= 4 is 28.9 Å². The maximum atomic E-state index is 12.7. The van der Waals surface area contributed by atoms with Crippen LogP contribution >= 0.6 is 12.2 Å². The van der Waals surface area contributed by atoms with Gasteiger partial charge in [0.1, 0.15) is 0 Å². The van der Waals surface area contributed by atoms with Crippen molar-refractivity contribution < 1.29 is 0 Å². The highest BCUT2D eigenvalue weighted by molar-refractivity contribution is 7.71. The van der Waals surface area contributed by atoms with Gasteiger partial charge < -0.3 is 0 Å². The lowest BCUT2D eigenvalue weighted by Crippen LogP contribution is -2.22. The lowest BCUT2D eigenvalue weighted by atomic mass is 10.0. The molecule has 0 radical (unpaired) electrons. The maximum absolute atomic E-state index is 12.7. The summed E-state index contributed by atoms with van der Waals surface area (Å²) >= 11 is 5.71. The summed E-state index contributed by atoms with van der Waals surface area (Å²) in [6.45, 7) is 5.72. The van der Waals surface area contributed by atoms with Gasteiger partial charge in [0.2, 0.25) is 10.5 Å². The van der Waals surface area contributed by atoms with Crippen LogP contribution in [0.3, 0.4) is 0 Å². The van der Waals surface area contributed by atoms with E-state index in [1.54, 1.807) is 16.3 Å². The lowest BCUT2D eigenvalue weighted by Gasteiger charge is -2.17. The van der Waals surface area contributed by atoms with Crippen LogP contribution < -0.4 is 5.56 Å². The van der Waals surface area contributed by atoms with Crippen LogP contribution in [-0.4, -0.2) is 30.7 Å². The largest absolute Gasteiger partial charge is 0.283 e. The smallest absolute Gasteiger partial charge is 0.262 e. The number of benzene rings is 2. The van der Waals surface area contributed by atoms with E-state index in [-0.39, 0.29) is 5.56 Å². The SMILES string of the molecule is CC(C)c1ccc(CN(C)Cn2nc3n(C)c(=O)c4ccccc4n3c2=S)cc1. The second-order valence-electron chi connectivity index (χ2n) is 7.85. The molecule has 0 N–H and O–H groups in total. The van der Waals surface area contributed by atoms with E-state index in [2.05, 4.69) is 48.1 Å². The molecular formula is C22H25N5OS. The van der Waals surface area contributed by atoms with Gasteiger partial charge in [0.25, 0.3) is 5.56 Å². The van der Waals surface area contributed by atoms with Crippen LogP contribution in [0.5, 0.6) is 0 Å². The van der Waals surface area contributed by atoms with Crippen LogP contribution in [0.4, 0.5) is 0 Å². The third kappa shape index (κ3) is 3.52. The van der Waals surface area contributed by atoms with Gasteiger partial charge in [-0.3, -0.25) is 18.7 Å². The number of hydrogen-bond acceptors (Lipinski definition) is 4. The van der Waals surface area contributed by atoms with Crippen molar-refractivity contribution in [1.82, 2.24) is 23.6 Å². The van der Waals surface area contributed by atoms with Gasteiger partial charge in [-0.2, -0.15) is 0 Å². The molecule has 2 aromatic carbocycles. The van der Waals surface area contributed by atoms with E-state index in [4.69, 9.17) is 12.2 Å². The van der Waals surface area contributed by atoms with Crippen molar-refractivity contribution in [3.8, 4) is 0 Å². The summed E-state index contributed by atoms with van der Waals surface area (Å²) in [4.78, 5) is 14.8. The highest BCUT2D eigenvalue weighted by Gasteiger charge is 2.14. The van der Waals surface area contributed by atoms with E-state index in [1.807, 2.05) is 35.7 Å². The molecule has 0 spiro atoms. The van der Waals surface area contributed by atoms with Crippen LogP contribution in [-0.2, 0) is 20.3 Å². The molecule has 2 aromatic heterocycles. The molecule has 7 heteroatoms. The van der Waals surface area contributed by atoms with Crippen molar-refractivity contribution in [1.29, 1.82) is 0 Å². The Kier molecular flexibility index (Phi) is 5.10. The molecule has 0 aliphatic heterocycles. The van der Waals surface area contributed by atoms with Crippen LogP contribution in [0.15, 0.2) is 53.3 Å². The highest BCUT2D eigenvalue weighted by atomic mass is 32.1. The first-order chi connectivity index (χ1) is 13.9. The van der Waals surface area contributed by atoms with Crippen LogP contribution in [0.1, 0.15) is 30.9 Å². The zero-order valence-corrected chi connectivity index (χ0v) is 18.0. The topological polar surface area (TPSA) is 47.5 Å². The van der Waals surface area contributed by atoms with E-state index >= 15 is 0 Å². The molecule has 0 unspecified atom stereocenters.